The van der Waals surface area contributed by atoms with Crippen molar-refractivity contribution in [2.75, 3.05) is 38.1 Å². The van der Waals surface area contributed by atoms with Crippen molar-refractivity contribution in [1.82, 2.24) is 20.4 Å². The molecule has 24 heavy (non-hydrogen) atoms. The van der Waals surface area contributed by atoms with Gasteiger partial charge in [0.1, 0.15) is 5.82 Å². The molecule has 7 nitrogen and oxygen atoms in total. The molecule has 0 radical (unpaired) electrons. The van der Waals surface area contributed by atoms with Crippen LogP contribution in [0.15, 0.2) is 35.8 Å². The molecule has 2 aromatic heterocycles. The predicted octanol–water partition coefficient (Wildman–Crippen LogP) is 0.967. The number of nitrogens with zero attached hydrogens (tertiary/aromatic N) is 3. The summed E-state index contributed by atoms with van der Waals surface area (Å²) in [4.78, 5) is 15.4. The molecule has 0 aromatic carbocycles. The summed E-state index contributed by atoms with van der Waals surface area (Å²) in [6.07, 6.45) is 1.67. The molecular weight excluding hydrogens is 326 g/mol. The van der Waals surface area contributed by atoms with E-state index >= 15 is 0 Å². The number of hydrogen-bond acceptors (Lipinski definition) is 7. The van der Waals surface area contributed by atoms with Crippen molar-refractivity contribution in [2.45, 2.75) is 12.6 Å². The Morgan fingerprint density at radius 3 is 3.17 bits per heavy atom. The van der Waals surface area contributed by atoms with Crippen LogP contribution in [-0.2, 0) is 16.1 Å². The Balaban J connectivity index is 1.39. The van der Waals surface area contributed by atoms with Crippen LogP contribution in [0.2, 0.25) is 0 Å². The lowest BCUT2D eigenvalue weighted by Gasteiger charge is -2.32. The third-order valence-electron chi connectivity index (χ3n) is 3.71. The zero-order valence-electron chi connectivity index (χ0n) is 13.4. The van der Waals surface area contributed by atoms with E-state index in [-0.39, 0.29) is 12.0 Å². The predicted molar refractivity (Wildman–Crippen MR) is 92.9 cm³/mol. The lowest BCUT2D eigenvalue weighted by molar-refractivity contribution is -0.124. The Kier molecular flexibility index (Phi) is 6.11. The van der Waals surface area contributed by atoms with E-state index in [1.807, 2.05) is 29.6 Å². The third kappa shape index (κ3) is 5.26. The standard InChI is InChI=1S/C16H21N5O2S/c22-16(18-10-14-3-2-8-24-14)12-21-6-7-23-13(11-21)9-17-15-4-1-5-19-20-15/h1-5,8,13H,6-7,9-12H2,(H,17,20)(H,18,22)/t13-/m1/s1. The molecule has 0 spiro atoms. The van der Waals surface area contributed by atoms with Gasteiger partial charge in [-0.2, -0.15) is 5.10 Å². The average Bonchev–Trinajstić information content (AvgIpc) is 3.13. The van der Waals surface area contributed by atoms with Crippen LogP contribution in [0, 0.1) is 0 Å². The van der Waals surface area contributed by atoms with Gasteiger partial charge in [-0.05, 0) is 23.6 Å². The van der Waals surface area contributed by atoms with E-state index in [2.05, 4.69) is 25.7 Å². The summed E-state index contributed by atoms with van der Waals surface area (Å²) >= 11 is 1.65. The summed E-state index contributed by atoms with van der Waals surface area (Å²) in [6, 6.07) is 7.71. The second-order valence-electron chi connectivity index (χ2n) is 5.57. The van der Waals surface area contributed by atoms with Gasteiger partial charge >= 0.3 is 0 Å². The molecule has 128 valence electrons. The maximum atomic E-state index is 12.1. The maximum absolute atomic E-state index is 12.1. The van der Waals surface area contributed by atoms with Crippen molar-refractivity contribution < 1.29 is 9.53 Å². The van der Waals surface area contributed by atoms with Gasteiger partial charge in [-0.3, -0.25) is 9.69 Å². The van der Waals surface area contributed by atoms with E-state index in [0.717, 1.165) is 23.8 Å². The number of morpholine rings is 1. The molecule has 3 rings (SSSR count). The van der Waals surface area contributed by atoms with Crippen LogP contribution in [0.4, 0.5) is 5.82 Å². The van der Waals surface area contributed by atoms with Gasteiger partial charge in [-0.25, -0.2) is 0 Å². The maximum Gasteiger partial charge on any atom is 0.234 e. The number of anilines is 1. The molecule has 0 unspecified atom stereocenters. The summed E-state index contributed by atoms with van der Waals surface area (Å²) in [6.45, 7) is 3.76. The molecule has 3 heterocycles. The van der Waals surface area contributed by atoms with Crippen LogP contribution in [0.1, 0.15) is 4.88 Å². The number of aromatic nitrogens is 2. The molecule has 8 heteroatoms. The van der Waals surface area contributed by atoms with Crippen molar-refractivity contribution >= 4 is 23.1 Å². The number of thiophene rings is 1. The average molecular weight is 347 g/mol. The fourth-order valence-corrected chi connectivity index (χ4v) is 3.16. The van der Waals surface area contributed by atoms with Gasteiger partial charge in [-0.15, -0.1) is 16.4 Å². The summed E-state index contributed by atoms with van der Waals surface area (Å²) < 4.78 is 5.75. The topological polar surface area (TPSA) is 79.4 Å². The highest BCUT2D eigenvalue weighted by Crippen LogP contribution is 2.09. The van der Waals surface area contributed by atoms with E-state index in [9.17, 15) is 4.79 Å². The first kappa shape index (κ1) is 16.8. The minimum absolute atomic E-state index is 0.0332. The summed E-state index contributed by atoms with van der Waals surface area (Å²) in [7, 11) is 0. The Morgan fingerprint density at radius 1 is 1.42 bits per heavy atom. The molecular formula is C16H21N5O2S. The van der Waals surface area contributed by atoms with Gasteiger partial charge in [0.25, 0.3) is 0 Å². The monoisotopic (exact) mass is 347 g/mol. The van der Waals surface area contributed by atoms with E-state index < -0.39 is 0 Å². The first-order valence-corrected chi connectivity index (χ1v) is 8.82. The van der Waals surface area contributed by atoms with Gasteiger partial charge in [0, 0.05) is 30.7 Å². The lowest BCUT2D eigenvalue weighted by atomic mass is 10.2. The van der Waals surface area contributed by atoms with Gasteiger partial charge < -0.3 is 15.4 Å². The quantitative estimate of drug-likeness (QED) is 0.777. The molecule has 2 aromatic rings. The van der Waals surface area contributed by atoms with E-state index in [0.29, 0.717) is 26.2 Å². The number of carbonyl (C=O) groups excluding carboxylic acids is 1. The van der Waals surface area contributed by atoms with Crippen molar-refractivity contribution in [2.24, 2.45) is 0 Å². The number of rotatable bonds is 7. The molecule has 1 aliphatic heterocycles. The largest absolute Gasteiger partial charge is 0.374 e. The lowest BCUT2D eigenvalue weighted by Crippen LogP contribution is -2.48. The van der Waals surface area contributed by atoms with Crippen molar-refractivity contribution in [3.05, 3.63) is 40.7 Å². The number of ether oxygens (including phenoxy) is 1. The SMILES string of the molecule is O=C(CN1CCO[C@H](CNc2cccnn2)C1)NCc1cccs1. The zero-order chi connectivity index (χ0) is 16.6. The highest BCUT2D eigenvalue weighted by atomic mass is 32.1. The number of amides is 1. The second kappa shape index (κ2) is 8.72. The Morgan fingerprint density at radius 2 is 2.38 bits per heavy atom. The van der Waals surface area contributed by atoms with E-state index in [4.69, 9.17) is 4.74 Å². The first-order valence-electron chi connectivity index (χ1n) is 7.94. The van der Waals surface area contributed by atoms with Crippen LogP contribution >= 0.6 is 11.3 Å². The highest BCUT2D eigenvalue weighted by Gasteiger charge is 2.22. The molecule has 2 N–H and O–H groups in total. The molecule has 1 fully saturated rings. The third-order valence-corrected chi connectivity index (χ3v) is 4.59. The van der Waals surface area contributed by atoms with Gasteiger partial charge in [-0.1, -0.05) is 6.07 Å². The van der Waals surface area contributed by atoms with Gasteiger partial charge in [0.15, 0.2) is 0 Å². The van der Waals surface area contributed by atoms with Crippen LogP contribution in [0.5, 0.6) is 0 Å². The molecule has 0 aliphatic carbocycles. The highest BCUT2D eigenvalue weighted by molar-refractivity contribution is 7.09. The van der Waals surface area contributed by atoms with Gasteiger partial charge in [0.05, 0.1) is 25.8 Å². The van der Waals surface area contributed by atoms with E-state index in [1.54, 1.807) is 17.5 Å². The zero-order valence-corrected chi connectivity index (χ0v) is 14.2. The minimum atomic E-state index is 0.0332. The Labute approximate surface area is 145 Å². The first-order chi connectivity index (χ1) is 11.8. The van der Waals surface area contributed by atoms with E-state index in [1.165, 1.54) is 0 Å². The number of nitrogens with one attached hydrogen (secondary N) is 2. The number of carbonyl (C=O) groups is 1. The molecule has 0 saturated carbocycles. The van der Waals surface area contributed by atoms with Crippen LogP contribution in [0.3, 0.4) is 0 Å². The van der Waals surface area contributed by atoms with Crippen molar-refractivity contribution in [3.63, 3.8) is 0 Å². The smallest absolute Gasteiger partial charge is 0.234 e. The second-order valence-corrected chi connectivity index (χ2v) is 6.61. The summed E-state index contributed by atoms with van der Waals surface area (Å²) in [5.41, 5.74) is 0. The number of hydrogen-bond donors (Lipinski definition) is 2. The fourth-order valence-electron chi connectivity index (χ4n) is 2.52. The van der Waals surface area contributed by atoms with Crippen LogP contribution < -0.4 is 10.6 Å². The van der Waals surface area contributed by atoms with Crippen LogP contribution in [0.25, 0.3) is 0 Å². The van der Waals surface area contributed by atoms with Crippen LogP contribution in [-0.4, -0.2) is 59.9 Å². The molecule has 1 amide bonds. The fraction of sp³-hybridized carbons (Fsp3) is 0.438. The Bertz CT molecular complexity index is 623. The normalized spacial score (nSPS) is 18.2. The molecule has 0 bridgehead atoms. The Hall–Kier alpha value is -2.03. The molecule has 1 atom stereocenters. The molecule has 1 aliphatic rings. The summed E-state index contributed by atoms with van der Waals surface area (Å²) in [5.74, 6) is 0.776. The van der Waals surface area contributed by atoms with Gasteiger partial charge in [0.2, 0.25) is 5.91 Å². The van der Waals surface area contributed by atoms with Crippen molar-refractivity contribution in [1.29, 1.82) is 0 Å². The van der Waals surface area contributed by atoms with Crippen molar-refractivity contribution in [3.8, 4) is 0 Å². The summed E-state index contributed by atoms with van der Waals surface area (Å²) in [5, 5.41) is 16.0. The minimum Gasteiger partial charge on any atom is -0.374 e. The molecule has 1 saturated heterocycles.